The van der Waals surface area contributed by atoms with Crippen LogP contribution in [0.2, 0.25) is 0 Å². The van der Waals surface area contributed by atoms with Gasteiger partial charge in [-0.25, -0.2) is 0 Å². The van der Waals surface area contributed by atoms with Crippen LogP contribution in [0.1, 0.15) is 69.9 Å². The second kappa shape index (κ2) is 6.42. The predicted molar refractivity (Wildman–Crippen MR) is 75.6 cm³/mol. The van der Waals surface area contributed by atoms with Crippen molar-refractivity contribution in [3.05, 3.63) is 23.7 Å². The molecule has 0 bridgehead atoms. The lowest BCUT2D eigenvalue weighted by Crippen LogP contribution is -2.35. The van der Waals surface area contributed by atoms with Crippen molar-refractivity contribution in [1.29, 1.82) is 0 Å². The van der Waals surface area contributed by atoms with E-state index >= 15 is 0 Å². The Morgan fingerprint density at radius 3 is 2.33 bits per heavy atom. The normalized spacial score (nSPS) is 21.5. The van der Waals surface area contributed by atoms with Gasteiger partial charge in [0.2, 0.25) is 0 Å². The third-order valence-electron chi connectivity index (χ3n) is 4.31. The van der Waals surface area contributed by atoms with E-state index in [1.54, 1.807) is 0 Å². The van der Waals surface area contributed by atoms with E-state index in [0.29, 0.717) is 12.1 Å². The summed E-state index contributed by atoms with van der Waals surface area (Å²) in [5.41, 5.74) is 0. The zero-order valence-electron chi connectivity index (χ0n) is 12.0. The van der Waals surface area contributed by atoms with Gasteiger partial charge in [-0.2, -0.15) is 0 Å². The fourth-order valence-corrected chi connectivity index (χ4v) is 3.11. The monoisotopic (exact) mass is 249 g/mol. The van der Waals surface area contributed by atoms with E-state index in [9.17, 15) is 0 Å². The second-order valence-electron chi connectivity index (χ2n) is 5.88. The van der Waals surface area contributed by atoms with Gasteiger partial charge in [0.05, 0.1) is 6.04 Å². The van der Waals surface area contributed by atoms with Crippen molar-refractivity contribution in [2.24, 2.45) is 5.92 Å². The lowest BCUT2D eigenvalue weighted by molar-refractivity contribution is 0.298. The standard InChI is InChI=1S/C16H27NO/c1-12-10-11-16(18-12)14(3)17-13(2)15-8-6-4-5-7-9-15/h10-11,13-15,17H,4-9H2,1-3H3/t13-,14?/m1/s1. The molecule has 1 aliphatic carbocycles. The van der Waals surface area contributed by atoms with Gasteiger partial charge in [-0.3, -0.25) is 0 Å². The van der Waals surface area contributed by atoms with Crippen molar-refractivity contribution in [3.63, 3.8) is 0 Å². The third-order valence-corrected chi connectivity index (χ3v) is 4.31. The minimum Gasteiger partial charge on any atom is -0.465 e. The van der Waals surface area contributed by atoms with Crippen molar-refractivity contribution in [2.45, 2.75) is 71.4 Å². The molecular weight excluding hydrogens is 222 g/mol. The van der Waals surface area contributed by atoms with Gasteiger partial charge in [-0.15, -0.1) is 0 Å². The van der Waals surface area contributed by atoms with Crippen LogP contribution in [0.25, 0.3) is 0 Å². The van der Waals surface area contributed by atoms with Gasteiger partial charge >= 0.3 is 0 Å². The highest BCUT2D eigenvalue weighted by atomic mass is 16.3. The maximum absolute atomic E-state index is 5.70. The van der Waals surface area contributed by atoms with Crippen LogP contribution in [0.5, 0.6) is 0 Å². The van der Waals surface area contributed by atoms with Gasteiger partial charge in [0, 0.05) is 6.04 Å². The van der Waals surface area contributed by atoms with Crippen LogP contribution < -0.4 is 5.32 Å². The topological polar surface area (TPSA) is 25.2 Å². The van der Waals surface area contributed by atoms with Crippen LogP contribution in [-0.2, 0) is 0 Å². The van der Waals surface area contributed by atoms with Crippen molar-refractivity contribution >= 4 is 0 Å². The molecule has 2 atom stereocenters. The smallest absolute Gasteiger partial charge is 0.120 e. The van der Waals surface area contributed by atoms with Crippen LogP contribution in [0.4, 0.5) is 0 Å². The number of rotatable bonds is 4. The van der Waals surface area contributed by atoms with Crippen molar-refractivity contribution < 1.29 is 4.42 Å². The van der Waals surface area contributed by atoms with Gasteiger partial charge in [-0.1, -0.05) is 25.7 Å². The summed E-state index contributed by atoms with van der Waals surface area (Å²) in [6.45, 7) is 6.54. The molecule has 0 saturated heterocycles. The Morgan fingerprint density at radius 2 is 1.78 bits per heavy atom. The van der Waals surface area contributed by atoms with E-state index in [0.717, 1.165) is 17.4 Å². The average Bonchev–Trinajstić information content (AvgIpc) is 2.63. The maximum Gasteiger partial charge on any atom is 0.120 e. The largest absolute Gasteiger partial charge is 0.465 e. The highest BCUT2D eigenvalue weighted by Crippen LogP contribution is 2.27. The van der Waals surface area contributed by atoms with Gasteiger partial charge < -0.3 is 9.73 Å². The Balaban J connectivity index is 1.87. The predicted octanol–water partition coefficient (Wildman–Crippen LogP) is 4.60. The fraction of sp³-hybridized carbons (Fsp3) is 0.750. The number of aryl methyl sites for hydroxylation is 1. The lowest BCUT2D eigenvalue weighted by Gasteiger charge is -2.26. The molecule has 1 fully saturated rings. The van der Waals surface area contributed by atoms with E-state index in [1.807, 2.05) is 13.0 Å². The Kier molecular flexibility index (Phi) is 4.87. The molecule has 0 amide bonds. The summed E-state index contributed by atoms with van der Waals surface area (Å²) in [6.07, 6.45) is 8.44. The van der Waals surface area contributed by atoms with Crippen molar-refractivity contribution in [1.82, 2.24) is 5.32 Å². The molecule has 0 spiro atoms. The molecule has 1 aromatic rings. The van der Waals surface area contributed by atoms with Crippen LogP contribution in [0.3, 0.4) is 0 Å². The molecule has 1 aliphatic rings. The molecule has 0 aromatic carbocycles. The summed E-state index contributed by atoms with van der Waals surface area (Å²) in [6, 6.07) is 5.04. The number of furan rings is 1. The van der Waals surface area contributed by atoms with Crippen LogP contribution >= 0.6 is 0 Å². The quantitative estimate of drug-likeness (QED) is 0.789. The summed E-state index contributed by atoms with van der Waals surface area (Å²) >= 11 is 0. The molecule has 2 nitrogen and oxygen atoms in total. The Morgan fingerprint density at radius 1 is 1.11 bits per heavy atom. The van der Waals surface area contributed by atoms with Crippen molar-refractivity contribution in [3.8, 4) is 0 Å². The minimum atomic E-state index is 0.317. The van der Waals surface area contributed by atoms with Gasteiger partial charge in [0.15, 0.2) is 0 Å². The molecule has 2 rings (SSSR count). The molecule has 1 aromatic heterocycles. The summed E-state index contributed by atoms with van der Waals surface area (Å²) in [5.74, 6) is 2.90. The summed E-state index contributed by atoms with van der Waals surface area (Å²) < 4.78 is 5.70. The molecule has 18 heavy (non-hydrogen) atoms. The first-order chi connectivity index (χ1) is 8.66. The van der Waals surface area contributed by atoms with Gasteiger partial charge in [0.1, 0.15) is 11.5 Å². The number of nitrogens with one attached hydrogen (secondary N) is 1. The summed E-state index contributed by atoms with van der Waals surface area (Å²) in [4.78, 5) is 0. The number of hydrogen-bond acceptors (Lipinski definition) is 2. The fourth-order valence-electron chi connectivity index (χ4n) is 3.11. The Hall–Kier alpha value is -0.760. The Labute approximate surface area is 111 Å². The summed E-state index contributed by atoms with van der Waals surface area (Å²) in [7, 11) is 0. The number of hydrogen-bond donors (Lipinski definition) is 1. The van der Waals surface area contributed by atoms with Crippen LogP contribution in [0.15, 0.2) is 16.5 Å². The molecule has 1 unspecified atom stereocenters. The zero-order chi connectivity index (χ0) is 13.0. The highest BCUT2D eigenvalue weighted by Gasteiger charge is 2.21. The first-order valence-corrected chi connectivity index (χ1v) is 7.49. The van der Waals surface area contributed by atoms with Crippen LogP contribution in [0, 0.1) is 12.8 Å². The highest BCUT2D eigenvalue weighted by molar-refractivity contribution is 5.09. The molecular formula is C16H27NO. The molecule has 2 heteroatoms. The molecule has 0 radical (unpaired) electrons. The van der Waals surface area contributed by atoms with E-state index in [1.165, 1.54) is 38.5 Å². The van der Waals surface area contributed by atoms with Gasteiger partial charge in [0.25, 0.3) is 0 Å². The first-order valence-electron chi connectivity index (χ1n) is 7.49. The van der Waals surface area contributed by atoms with Crippen LogP contribution in [-0.4, -0.2) is 6.04 Å². The molecule has 0 aliphatic heterocycles. The van der Waals surface area contributed by atoms with Gasteiger partial charge in [-0.05, 0) is 51.7 Å². The lowest BCUT2D eigenvalue weighted by atomic mass is 9.92. The van der Waals surface area contributed by atoms with Crippen molar-refractivity contribution in [2.75, 3.05) is 0 Å². The average molecular weight is 249 g/mol. The molecule has 1 N–H and O–H groups in total. The minimum absolute atomic E-state index is 0.317. The molecule has 102 valence electrons. The van der Waals surface area contributed by atoms with E-state index in [2.05, 4.69) is 25.2 Å². The Bertz CT molecular complexity index is 350. The molecule has 1 heterocycles. The van der Waals surface area contributed by atoms with E-state index < -0.39 is 0 Å². The van der Waals surface area contributed by atoms with E-state index in [-0.39, 0.29) is 0 Å². The first kappa shape index (κ1) is 13.7. The molecule has 1 saturated carbocycles. The summed E-state index contributed by atoms with van der Waals surface area (Å²) in [5, 5.41) is 3.71. The maximum atomic E-state index is 5.70. The zero-order valence-corrected chi connectivity index (χ0v) is 12.0. The van der Waals surface area contributed by atoms with E-state index in [4.69, 9.17) is 4.42 Å². The second-order valence-corrected chi connectivity index (χ2v) is 5.88. The third kappa shape index (κ3) is 3.61. The SMILES string of the molecule is Cc1ccc(C(C)N[C@H](C)C2CCCCCC2)o1.